The molecule has 19 heavy (non-hydrogen) atoms. The molecule has 0 aliphatic carbocycles. The van der Waals surface area contributed by atoms with Crippen LogP contribution in [-0.4, -0.2) is 16.1 Å². The van der Waals surface area contributed by atoms with Gasteiger partial charge in [-0.1, -0.05) is 36.4 Å². The van der Waals surface area contributed by atoms with E-state index >= 15 is 0 Å². The fraction of sp³-hybridized carbons (Fsp3) is 0.133. The van der Waals surface area contributed by atoms with Gasteiger partial charge in [0.2, 0.25) is 0 Å². The van der Waals surface area contributed by atoms with Gasteiger partial charge in [0.05, 0.1) is 0 Å². The topological polar surface area (TPSA) is 56.0 Å². The van der Waals surface area contributed by atoms with E-state index in [9.17, 15) is 4.79 Å². The average molecular weight is 252 g/mol. The molecule has 0 saturated carbocycles. The Hall–Kier alpha value is -2.49. The molecule has 94 valence electrons. The summed E-state index contributed by atoms with van der Waals surface area (Å²) in [5.74, 6) is 0.182. The number of Topliss-reactive ketones (excluding diaryl/α,β-unsaturated/α-hetero) is 1. The van der Waals surface area contributed by atoms with Crippen LogP contribution in [0.5, 0.6) is 0 Å². The molecular weight excluding hydrogens is 240 g/mol. The first-order valence-corrected chi connectivity index (χ1v) is 6.08. The van der Waals surface area contributed by atoms with Crippen molar-refractivity contribution in [1.29, 1.82) is 0 Å². The summed E-state index contributed by atoms with van der Waals surface area (Å²) in [6.45, 7) is 0. The van der Waals surface area contributed by atoms with Crippen molar-refractivity contribution in [2.75, 3.05) is 0 Å². The minimum absolute atomic E-state index is 0.182. The highest BCUT2D eigenvalue weighted by molar-refractivity contribution is 5.84. The first-order chi connectivity index (χ1) is 9.31. The van der Waals surface area contributed by atoms with Crippen LogP contribution in [0.4, 0.5) is 0 Å². The third-order valence-corrected chi connectivity index (χ3v) is 2.96. The van der Waals surface area contributed by atoms with Crippen molar-refractivity contribution in [3.05, 3.63) is 59.7 Å². The maximum absolute atomic E-state index is 12.0. The van der Waals surface area contributed by atoms with Gasteiger partial charge in [0.1, 0.15) is 16.8 Å². The summed E-state index contributed by atoms with van der Waals surface area (Å²) in [7, 11) is 0. The molecule has 4 heteroatoms. The molecule has 1 aromatic heterocycles. The number of hydrogen-bond acceptors (Lipinski definition) is 4. The maximum atomic E-state index is 12.0. The van der Waals surface area contributed by atoms with Gasteiger partial charge in [0.25, 0.3) is 0 Å². The van der Waals surface area contributed by atoms with Crippen molar-refractivity contribution in [1.82, 2.24) is 10.3 Å². The van der Waals surface area contributed by atoms with Crippen LogP contribution in [0.2, 0.25) is 0 Å². The van der Waals surface area contributed by atoms with Crippen LogP contribution in [0.15, 0.2) is 53.2 Å². The smallest absolute Gasteiger partial charge is 0.141 e. The number of benzene rings is 2. The minimum Gasteiger partial charge on any atom is -0.299 e. The normalized spacial score (nSPS) is 10.7. The molecule has 1 heterocycles. The van der Waals surface area contributed by atoms with E-state index in [1.807, 2.05) is 48.5 Å². The molecule has 0 amide bonds. The summed E-state index contributed by atoms with van der Waals surface area (Å²) in [6.07, 6.45) is 0.855. The highest BCUT2D eigenvalue weighted by atomic mass is 16.6. The number of ketones is 1. The monoisotopic (exact) mass is 252 g/mol. The Bertz CT molecular complexity index is 704. The van der Waals surface area contributed by atoms with Gasteiger partial charge in [-0.2, -0.15) is 0 Å². The second-order valence-corrected chi connectivity index (χ2v) is 4.47. The van der Waals surface area contributed by atoms with Gasteiger partial charge in [-0.25, -0.2) is 4.63 Å². The summed E-state index contributed by atoms with van der Waals surface area (Å²) >= 11 is 0. The molecular formula is C15H12N2O2. The van der Waals surface area contributed by atoms with E-state index in [4.69, 9.17) is 0 Å². The van der Waals surface area contributed by atoms with Crippen LogP contribution in [0, 0.1) is 0 Å². The molecule has 0 radical (unpaired) electrons. The molecule has 0 aliphatic heterocycles. The second-order valence-electron chi connectivity index (χ2n) is 4.47. The molecule has 0 spiro atoms. The predicted octanol–water partition coefficient (Wildman–Crippen LogP) is 2.58. The fourth-order valence-corrected chi connectivity index (χ4v) is 2.05. The SMILES string of the molecule is O=C(Cc1ccccc1)Cc1ccc2nonc2c1. The Morgan fingerprint density at radius 1 is 0.895 bits per heavy atom. The lowest BCUT2D eigenvalue weighted by Gasteiger charge is -2.01. The van der Waals surface area contributed by atoms with Gasteiger partial charge in [0.15, 0.2) is 0 Å². The quantitative estimate of drug-likeness (QED) is 0.716. The summed E-state index contributed by atoms with van der Waals surface area (Å²) in [6, 6.07) is 15.3. The highest BCUT2D eigenvalue weighted by Crippen LogP contribution is 2.13. The number of carbonyl (C=O) groups is 1. The number of aromatic nitrogens is 2. The highest BCUT2D eigenvalue weighted by Gasteiger charge is 2.07. The molecule has 0 aliphatic rings. The van der Waals surface area contributed by atoms with Crippen molar-refractivity contribution in [2.45, 2.75) is 12.8 Å². The summed E-state index contributed by atoms with van der Waals surface area (Å²) < 4.78 is 4.64. The predicted molar refractivity (Wildman–Crippen MR) is 70.7 cm³/mol. The largest absolute Gasteiger partial charge is 0.299 e. The van der Waals surface area contributed by atoms with E-state index in [0.717, 1.165) is 11.1 Å². The number of fused-ring (bicyclic) bond motifs is 1. The van der Waals surface area contributed by atoms with Crippen molar-refractivity contribution in [3.8, 4) is 0 Å². The van der Waals surface area contributed by atoms with Gasteiger partial charge >= 0.3 is 0 Å². The fourth-order valence-electron chi connectivity index (χ4n) is 2.05. The molecule has 2 aromatic carbocycles. The summed E-state index contributed by atoms with van der Waals surface area (Å²) in [4.78, 5) is 12.0. The summed E-state index contributed by atoms with van der Waals surface area (Å²) in [5, 5.41) is 7.51. The van der Waals surface area contributed by atoms with Crippen LogP contribution in [0.25, 0.3) is 11.0 Å². The number of carbonyl (C=O) groups excluding carboxylic acids is 1. The van der Waals surface area contributed by atoms with Gasteiger partial charge < -0.3 is 0 Å². The Morgan fingerprint density at radius 2 is 1.63 bits per heavy atom. The van der Waals surface area contributed by atoms with E-state index in [0.29, 0.717) is 23.9 Å². The van der Waals surface area contributed by atoms with Gasteiger partial charge in [-0.15, -0.1) is 0 Å². The molecule has 0 unspecified atom stereocenters. The molecule has 0 saturated heterocycles. The average Bonchev–Trinajstić information content (AvgIpc) is 2.87. The lowest BCUT2D eigenvalue weighted by Crippen LogP contribution is -2.06. The van der Waals surface area contributed by atoms with E-state index < -0.39 is 0 Å². The second kappa shape index (κ2) is 5.02. The molecule has 0 atom stereocenters. The van der Waals surface area contributed by atoms with Crippen LogP contribution in [0.3, 0.4) is 0 Å². The standard InChI is InChI=1S/C15H12N2O2/c18-13(8-11-4-2-1-3-5-11)9-12-6-7-14-15(10-12)17-19-16-14/h1-7,10H,8-9H2. The first kappa shape index (κ1) is 11.6. The third kappa shape index (κ3) is 2.68. The van der Waals surface area contributed by atoms with Crippen LogP contribution in [0.1, 0.15) is 11.1 Å². The summed E-state index contributed by atoms with van der Waals surface area (Å²) in [5.41, 5.74) is 3.37. The lowest BCUT2D eigenvalue weighted by molar-refractivity contribution is -0.117. The third-order valence-electron chi connectivity index (χ3n) is 2.96. The van der Waals surface area contributed by atoms with Crippen LogP contribution >= 0.6 is 0 Å². The molecule has 4 nitrogen and oxygen atoms in total. The lowest BCUT2D eigenvalue weighted by atomic mass is 10.0. The Balaban J connectivity index is 1.72. The molecule has 0 fully saturated rings. The van der Waals surface area contributed by atoms with Crippen LogP contribution < -0.4 is 0 Å². The van der Waals surface area contributed by atoms with Crippen LogP contribution in [-0.2, 0) is 17.6 Å². The molecule has 0 N–H and O–H groups in total. The maximum Gasteiger partial charge on any atom is 0.141 e. The molecule has 0 bridgehead atoms. The number of nitrogens with zero attached hydrogens (tertiary/aromatic N) is 2. The Labute approximate surface area is 110 Å². The van der Waals surface area contributed by atoms with E-state index in [1.165, 1.54) is 0 Å². The van der Waals surface area contributed by atoms with Crippen molar-refractivity contribution >= 4 is 16.8 Å². The van der Waals surface area contributed by atoms with Gasteiger partial charge in [-0.05, 0) is 33.6 Å². The Morgan fingerprint density at radius 3 is 2.47 bits per heavy atom. The van der Waals surface area contributed by atoms with E-state index in [-0.39, 0.29) is 5.78 Å². The number of hydrogen-bond donors (Lipinski definition) is 0. The minimum atomic E-state index is 0.182. The zero-order valence-electron chi connectivity index (χ0n) is 10.2. The first-order valence-electron chi connectivity index (χ1n) is 6.08. The molecule has 3 rings (SSSR count). The van der Waals surface area contributed by atoms with Gasteiger partial charge in [0, 0.05) is 12.8 Å². The zero-order valence-corrected chi connectivity index (χ0v) is 10.2. The molecule has 3 aromatic rings. The number of rotatable bonds is 4. The van der Waals surface area contributed by atoms with Crippen molar-refractivity contribution in [3.63, 3.8) is 0 Å². The van der Waals surface area contributed by atoms with E-state index in [2.05, 4.69) is 14.9 Å². The van der Waals surface area contributed by atoms with Crippen molar-refractivity contribution in [2.24, 2.45) is 0 Å². The zero-order chi connectivity index (χ0) is 13.1. The Kier molecular flexibility index (Phi) is 3.06. The van der Waals surface area contributed by atoms with Crippen molar-refractivity contribution < 1.29 is 9.42 Å². The van der Waals surface area contributed by atoms with E-state index in [1.54, 1.807) is 0 Å². The van der Waals surface area contributed by atoms with Gasteiger partial charge in [-0.3, -0.25) is 4.79 Å².